The summed E-state index contributed by atoms with van der Waals surface area (Å²) < 4.78 is 4.58. The molecule has 1 aromatic carbocycles. The number of phenols is 1. The molecule has 0 spiro atoms. The van der Waals surface area contributed by atoms with Crippen LogP contribution in [0.3, 0.4) is 0 Å². The molecule has 0 aromatic heterocycles. The molecule has 3 amide bonds. The lowest BCUT2D eigenvalue weighted by molar-refractivity contribution is -0.851. The first-order valence-corrected chi connectivity index (χ1v) is 14.5. The third-order valence-electron chi connectivity index (χ3n) is 6.93. The van der Waals surface area contributed by atoms with E-state index in [0.717, 1.165) is 5.56 Å². The van der Waals surface area contributed by atoms with E-state index in [-0.39, 0.29) is 72.6 Å². The number of amides is 3. The fourth-order valence-electron chi connectivity index (χ4n) is 4.93. The Kier molecular flexibility index (Phi) is 13.0. The monoisotopic (exact) mass is 579 g/mol. The molecule has 12 heteroatoms. The Morgan fingerprint density at radius 2 is 1.98 bits per heavy atom. The van der Waals surface area contributed by atoms with Gasteiger partial charge < -0.3 is 40.9 Å². The molecular formula is C29H49N5O7. The van der Waals surface area contributed by atoms with Crippen molar-refractivity contribution >= 4 is 23.6 Å². The van der Waals surface area contributed by atoms with E-state index < -0.39 is 16.3 Å². The van der Waals surface area contributed by atoms with Crippen molar-refractivity contribution in [3.63, 3.8) is 0 Å². The van der Waals surface area contributed by atoms with Crippen LogP contribution in [0.2, 0.25) is 0 Å². The molecule has 3 unspecified atom stereocenters. The number of phenolic OH excluding ortho intramolecular Hbond substituents is 1. The van der Waals surface area contributed by atoms with Crippen LogP contribution >= 0.6 is 0 Å². The number of nitrogens with one attached hydrogen (secondary N) is 3. The fraction of sp³-hybridized carbons (Fsp3) is 0.690. The van der Waals surface area contributed by atoms with Crippen LogP contribution in [-0.4, -0.2) is 91.0 Å². The van der Waals surface area contributed by atoms with Gasteiger partial charge in [-0.15, -0.1) is 0 Å². The Bertz CT molecular complexity index is 1030. The average molecular weight is 580 g/mol. The van der Waals surface area contributed by atoms with Crippen molar-refractivity contribution in [2.24, 2.45) is 5.92 Å². The number of carbonyl (C=O) groups is 3. The van der Waals surface area contributed by atoms with Gasteiger partial charge in [0.2, 0.25) is 5.91 Å². The molecule has 1 aromatic rings. The summed E-state index contributed by atoms with van der Waals surface area (Å²) in [5, 5.41) is 41.0. The van der Waals surface area contributed by atoms with Crippen molar-refractivity contribution < 1.29 is 33.9 Å². The molecule has 232 valence electrons. The van der Waals surface area contributed by atoms with Crippen LogP contribution in [-0.2, 0) is 20.7 Å². The van der Waals surface area contributed by atoms with Crippen molar-refractivity contribution in [2.45, 2.75) is 77.9 Å². The fourth-order valence-corrected chi connectivity index (χ4v) is 4.93. The molecule has 2 rings (SSSR count). The maximum absolute atomic E-state index is 12.6. The van der Waals surface area contributed by atoms with Crippen LogP contribution in [0.25, 0.3) is 0 Å². The second kappa shape index (κ2) is 15.5. The summed E-state index contributed by atoms with van der Waals surface area (Å²) in [6.07, 6.45) is 1.52. The van der Waals surface area contributed by atoms with Crippen LogP contribution < -0.4 is 15.7 Å². The van der Waals surface area contributed by atoms with E-state index in [1.807, 2.05) is 25.9 Å². The van der Waals surface area contributed by atoms with Crippen molar-refractivity contribution in [3.05, 3.63) is 34.2 Å². The van der Waals surface area contributed by atoms with Crippen molar-refractivity contribution in [1.29, 1.82) is 0 Å². The van der Waals surface area contributed by atoms with Gasteiger partial charge in [0, 0.05) is 37.8 Å². The topological polar surface area (TPSA) is 159 Å². The maximum atomic E-state index is 12.6. The predicted molar refractivity (Wildman–Crippen MR) is 157 cm³/mol. The first-order chi connectivity index (χ1) is 19.1. The standard InChI is InChI=1S/C29H49N5O7/c1-21(20-33(39)14-13-32(5)6)17-23(30-28(38)41-29(2,3)4)18-22-11-12-25(35)24(19-22)31-26(36)9-7-15-34(40)16-8-10-27(34)37/h11-12,19,21,23,33,35H,7-10,13-18,20H2,1-6H3,(H,30,38)(H,31,36)/t21?,23-,34?/m1/s1. The number of ether oxygens (including phenoxy) is 1. The van der Waals surface area contributed by atoms with E-state index in [4.69, 9.17) is 4.74 Å². The summed E-state index contributed by atoms with van der Waals surface area (Å²) in [6, 6.07) is 4.48. The zero-order chi connectivity index (χ0) is 30.8. The highest BCUT2D eigenvalue weighted by Gasteiger charge is 2.32. The van der Waals surface area contributed by atoms with E-state index in [2.05, 4.69) is 10.6 Å². The number of carbonyl (C=O) groups excluding carboxylic acids is 3. The number of benzene rings is 1. The zero-order valence-electron chi connectivity index (χ0n) is 25.5. The van der Waals surface area contributed by atoms with Gasteiger partial charge in [-0.2, -0.15) is 0 Å². The number of likely N-dealkylation sites (N-methyl/N-ethyl adjacent to an activating group) is 1. The molecule has 4 atom stereocenters. The van der Waals surface area contributed by atoms with E-state index in [1.165, 1.54) is 6.07 Å². The van der Waals surface area contributed by atoms with Gasteiger partial charge in [-0.05, 0) is 65.4 Å². The third kappa shape index (κ3) is 12.7. The molecule has 12 nitrogen and oxygen atoms in total. The molecule has 41 heavy (non-hydrogen) atoms. The van der Waals surface area contributed by atoms with Gasteiger partial charge in [-0.3, -0.25) is 9.44 Å². The minimum atomic E-state index is -0.875. The van der Waals surface area contributed by atoms with E-state index >= 15 is 0 Å². The first-order valence-electron chi connectivity index (χ1n) is 14.5. The van der Waals surface area contributed by atoms with Crippen molar-refractivity contribution in [2.75, 3.05) is 52.1 Å². The summed E-state index contributed by atoms with van der Waals surface area (Å²) in [6.45, 7) is 9.18. The Balaban J connectivity index is 2.04. The lowest BCUT2D eigenvalue weighted by Crippen LogP contribution is -3.08. The summed E-state index contributed by atoms with van der Waals surface area (Å²) >= 11 is 0. The molecule has 0 bridgehead atoms. The summed E-state index contributed by atoms with van der Waals surface area (Å²) in [5.41, 5.74) is 0.310. The van der Waals surface area contributed by atoms with Gasteiger partial charge in [0.1, 0.15) is 11.4 Å². The molecule has 1 aliphatic rings. The molecule has 1 heterocycles. The Labute approximate surface area is 243 Å². The molecule has 0 aliphatic carbocycles. The summed E-state index contributed by atoms with van der Waals surface area (Å²) in [5.74, 6) is -0.808. The van der Waals surface area contributed by atoms with Gasteiger partial charge in [-0.1, -0.05) is 13.0 Å². The highest BCUT2D eigenvalue weighted by Crippen LogP contribution is 2.26. The molecule has 0 radical (unpaired) electrons. The number of quaternary nitrogens is 2. The van der Waals surface area contributed by atoms with Crippen LogP contribution in [0.1, 0.15) is 65.4 Å². The third-order valence-corrected chi connectivity index (χ3v) is 6.93. The number of hydroxylamine groups is 5. The molecule has 1 aliphatic heterocycles. The van der Waals surface area contributed by atoms with Crippen LogP contribution in [0, 0.1) is 16.3 Å². The molecule has 1 saturated heterocycles. The molecule has 0 saturated carbocycles. The smallest absolute Gasteiger partial charge is 0.407 e. The van der Waals surface area contributed by atoms with Gasteiger partial charge in [0.25, 0.3) is 0 Å². The number of hydrogen-bond donors (Lipinski definition) is 4. The number of nitrogens with zero attached hydrogens (tertiary/aromatic N) is 2. The quantitative estimate of drug-likeness (QED) is 0.107. The van der Waals surface area contributed by atoms with Crippen molar-refractivity contribution in [3.8, 4) is 5.75 Å². The second-order valence-corrected chi connectivity index (χ2v) is 12.5. The Morgan fingerprint density at radius 3 is 2.59 bits per heavy atom. The van der Waals surface area contributed by atoms with Crippen LogP contribution in [0.15, 0.2) is 18.2 Å². The van der Waals surface area contributed by atoms with E-state index in [9.17, 15) is 29.9 Å². The van der Waals surface area contributed by atoms with Crippen LogP contribution in [0.4, 0.5) is 10.5 Å². The number of alkyl carbamates (subject to hydrolysis) is 1. The first kappa shape index (κ1) is 34.4. The number of hydrogen-bond acceptors (Lipinski definition) is 8. The number of rotatable bonds is 15. The highest BCUT2D eigenvalue weighted by molar-refractivity contribution is 5.92. The van der Waals surface area contributed by atoms with Gasteiger partial charge in [-0.25, -0.2) is 9.59 Å². The second-order valence-electron chi connectivity index (χ2n) is 12.5. The lowest BCUT2D eigenvalue weighted by Gasteiger charge is -2.35. The van der Waals surface area contributed by atoms with Gasteiger partial charge >= 0.3 is 12.0 Å². The molecule has 4 N–H and O–H groups in total. The minimum Gasteiger partial charge on any atom is -0.634 e. The Morgan fingerprint density at radius 1 is 1.27 bits per heavy atom. The number of anilines is 1. The van der Waals surface area contributed by atoms with Crippen LogP contribution in [0.5, 0.6) is 5.75 Å². The molecular weight excluding hydrogens is 530 g/mol. The normalized spacial score (nSPS) is 19.6. The number of likely N-dealkylation sites (tertiary alicyclic amines) is 1. The maximum Gasteiger partial charge on any atom is 0.407 e. The van der Waals surface area contributed by atoms with Gasteiger partial charge in [0.05, 0.1) is 38.3 Å². The van der Waals surface area contributed by atoms with Gasteiger partial charge in [0.15, 0.2) is 0 Å². The van der Waals surface area contributed by atoms with E-state index in [1.54, 1.807) is 32.9 Å². The minimum absolute atomic E-state index is 0.00958. The predicted octanol–water partition coefficient (Wildman–Crippen LogP) is 2.15. The SMILES string of the molecule is CC(C[C@H](Cc1ccc(O)c(NC(=O)CCC[N+]2([O-])CCCC2=O)c1)NC(=O)OC(C)(C)C)C[NH+]([O-])CCN(C)C. The summed E-state index contributed by atoms with van der Waals surface area (Å²) in [4.78, 5) is 38.9. The zero-order valence-corrected chi connectivity index (χ0v) is 25.5. The van der Waals surface area contributed by atoms with E-state index in [0.29, 0.717) is 38.9 Å². The largest absolute Gasteiger partial charge is 0.634 e. The molecule has 1 fully saturated rings. The average Bonchev–Trinajstić information content (AvgIpc) is 3.16. The lowest BCUT2D eigenvalue weighted by atomic mass is 9.95. The Hall–Kier alpha value is -2.77. The summed E-state index contributed by atoms with van der Waals surface area (Å²) in [7, 11) is 3.84. The number of aromatic hydroxyl groups is 1. The highest BCUT2D eigenvalue weighted by atomic mass is 16.6. The van der Waals surface area contributed by atoms with Crippen molar-refractivity contribution in [1.82, 2.24) is 10.2 Å².